The van der Waals surface area contributed by atoms with Crippen LogP contribution in [0.2, 0.25) is 0 Å². The summed E-state index contributed by atoms with van der Waals surface area (Å²) < 4.78 is 0. The van der Waals surface area contributed by atoms with E-state index in [4.69, 9.17) is 5.73 Å². The fraction of sp³-hybridized carbons (Fsp3) is 0. The van der Waals surface area contributed by atoms with Gasteiger partial charge in [-0.15, -0.1) is 0 Å². The third kappa shape index (κ3) is 1.73. The minimum absolute atomic E-state index is 0.171. The molecule has 0 unspecified atom stereocenters. The number of nitrogens with two attached hydrogens (primary N) is 1. The maximum absolute atomic E-state index is 10.8. The molecule has 2 rings (SSSR count). The molecule has 0 aliphatic heterocycles. The van der Waals surface area contributed by atoms with Crippen LogP contribution in [0.3, 0.4) is 0 Å². The SMILES string of the molecule is Nc1ccc([N+](=O)[O-])c2cc([N+](=O)[O-])ccc12. The molecule has 0 saturated heterocycles. The second-order valence-electron chi connectivity index (χ2n) is 3.42. The average molecular weight is 233 g/mol. The molecule has 17 heavy (non-hydrogen) atoms. The smallest absolute Gasteiger partial charge is 0.277 e. The van der Waals surface area contributed by atoms with Crippen LogP contribution < -0.4 is 5.73 Å². The minimum Gasteiger partial charge on any atom is -0.398 e. The van der Waals surface area contributed by atoms with E-state index >= 15 is 0 Å². The number of nitro benzene ring substituents is 2. The van der Waals surface area contributed by atoms with Gasteiger partial charge in [0.2, 0.25) is 0 Å². The van der Waals surface area contributed by atoms with Crippen molar-refractivity contribution in [2.75, 3.05) is 5.73 Å². The molecule has 2 aromatic carbocycles. The number of non-ortho nitro benzene ring substituents is 2. The van der Waals surface area contributed by atoms with Gasteiger partial charge in [0.15, 0.2) is 0 Å². The number of anilines is 1. The van der Waals surface area contributed by atoms with Crippen LogP contribution in [-0.4, -0.2) is 9.85 Å². The van der Waals surface area contributed by atoms with Crippen LogP contribution in [0.1, 0.15) is 0 Å². The lowest BCUT2D eigenvalue weighted by molar-refractivity contribution is -0.386. The van der Waals surface area contributed by atoms with Crippen LogP contribution in [0, 0.1) is 20.2 Å². The molecule has 7 nitrogen and oxygen atoms in total. The van der Waals surface area contributed by atoms with Crippen LogP contribution in [-0.2, 0) is 0 Å². The Morgan fingerprint density at radius 3 is 2.24 bits per heavy atom. The van der Waals surface area contributed by atoms with Crippen molar-refractivity contribution in [2.24, 2.45) is 0 Å². The van der Waals surface area contributed by atoms with E-state index in [1.165, 1.54) is 24.3 Å². The Kier molecular flexibility index (Phi) is 2.36. The number of fused-ring (bicyclic) bond motifs is 1. The predicted molar refractivity (Wildman–Crippen MR) is 61.7 cm³/mol. The van der Waals surface area contributed by atoms with Crippen molar-refractivity contribution in [1.82, 2.24) is 0 Å². The van der Waals surface area contributed by atoms with Gasteiger partial charge in [-0.25, -0.2) is 0 Å². The van der Waals surface area contributed by atoms with Gasteiger partial charge in [0.1, 0.15) is 0 Å². The van der Waals surface area contributed by atoms with Crippen molar-refractivity contribution in [3.05, 3.63) is 50.6 Å². The monoisotopic (exact) mass is 233 g/mol. The van der Waals surface area contributed by atoms with Crippen LogP contribution in [0.25, 0.3) is 10.8 Å². The standard InChI is InChI=1S/C10H7N3O4/c11-9-3-4-10(13(16)17)8-5-6(12(14)15)1-2-7(8)9/h1-5H,11H2. The van der Waals surface area contributed by atoms with Crippen molar-refractivity contribution >= 4 is 27.8 Å². The first-order valence-electron chi connectivity index (χ1n) is 4.61. The summed E-state index contributed by atoms with van der Waals surface area (Å²) >= 11 is 0. The Morgan fingerprint density at radius 1 is 0.941 bits per heavy atom. The van der Waals surface area contributed by atoms with Crippen LogP contribution in [0.15, 0.2) is 30.3 Å². The van der Waals surface area contributed by atoms with Crippen molar-refractivity contribution in [2.45, 2.75) is 0 Å². The van der Waals surface area contributed by atoms with Gasteiger partial charge in [-0.05, 0) is 12.1 Å². The van der Waals surface area contributed by atoms with Crippen LogP contribution in [0.4, 0.5) is 17.1 Å². The summed E-state index contributed by atoms with van der Waals surface area (Å²) in [5, 5.41) is 22.0. The van der Waals surface area contributed by atoms with E-state index in [-0.39, 0.29) is 16.8 Å². The molecule has 0 saturated carbocycles. The second-order valence-corrected chi connectivity index (χ2v) is 3.42. The van der Waals surface area contributed by atoms with Crippen LogP contribution in [0.5, 0.6) is 0 Å². The maximum atomic E-state index is 10.8. The molecule has 0 aromatic heterocycles. The molecule has 0 radical (unpaired) electrons. The zero-order valence-electron chi connectivity index (χ0n) is 8.49. The van der Waals surface area contributed by atoms with E-state index in [1.807, 2.05) is 0 Å². The number of benzene rings is 2. The summed E-state index contributed by atoms with van der Waals surface area (Å²) in [6, 6.07) is 6.48. The normalized spacial score (nSPS) is 10.4. The van der Waals surface area contributed by atoms with E-state index in [1.54, 1.807) is 0 Å². The highest BCUT2D eigenvalue weighted by atomic mass is 16.6. The second kappa shape index (κ2) is 3.71. The van der Waals surface area contributed by atoms with Gasteiger partial charge in [-0.2, -0.15) is 0 Å². The molecule has 0 bridgehead atoms. The Hall–Kier alpha value is -2.70. The summed E-state index contributed by atoms with van der Waals surface area (Å²) in [4.78, 5) is 20.2. The van der Waals surface area contributed by atoms with E-state index in [0.29, 0.717) is 11.1 Å². The zero-order valence-corrected chi connectivity index (χ0v) is 8.49. The molecule has 86 valence electrons. The van der Waals surface area contributed by atoms with Crippen LogP contribution >= 0.6 is 0 Å². The average Bonchev–Trinajstić information content (AvgIpc) is 2.28. The van der Waals surface area contributed by atoms with Gasteiger partial charge < -0.3 is 5.73 Å². The molecular formula is C10H7N3O4. The van der Waals surface area contributed by atoms with Gasteiger partial charge >= 0.3 is 0 Å². The fourth-order valence-corrected chi connectivity index (χ4v) is 1.62. The molecule has 2 N–H and O–H groups in total. The van der Waals surface area contributed by atoms with Gasteiger partial charge in [0.25, 0.3) is 11.4 Å². The highest BCUT2D eigenvalue weighted by Gasteiger charge is 2.16. The Morgan fingerprint density at radius 2 is 1.65 bits per heavy atom. The molecule has 0 spiro atoms. The van der Waals surface area contributed by atoms with Gasteiger partial charge in [0.05, 0.1) is 15.2 Å². The molecule has 2 aromatic rings. The largest absolute Gasteiger partial charge is 0.398 e. The maximum Gasteiger partial charge on any atom is 0.277 e. The molecule has 0 atom stereocenters. The van der Waals surface area contributed by atoms with Gasteiger partial charge in [0, 0.05) is 29.3 Å². The highest BCUT2D eigenvalue weighted by Crippen LogP contribution is 2.32. The summed E-state index contributed by atoms with van der Waals surface area (Å²) in [5.41, 5.74) is 5.61. The number of nitrogen functional groups attached to an aromatic ring is 1. The predicted octanol–water partition coefficient (Wildman–Crippen LogP) is 2.24. The summed E-state index contributed by atoms with van der Waals surface area (Å²) in [5.74, 6) is 0. The van der Waals surface area contributed by atoms with E-state index in [9.17, 15) is 20.2 Å². The number of hydrogen-bond acceptors (Lipinski definition) is 5. The fourth-order valence-electron chi connectivity index (χ4n) is 1.62. The molecule has 0 fully saturated rings. The molecule has 0 heterocycles. The minimum atomic E-state index is -0.605. The third-order valence-electron chi connectivity index (χ3n) is 2.42. The third-order valence-corrected chi connectivity index (χ3v) is 2.42. The first kappa shape index (κ1) is 10.8. The number of rotatable bonds is 2. The van der Waals surface area contributed by atoms with Crippen molar-refractivity contribution in [1.29, 1.82) is 0 Å². The Bertz CT molecular complexity index is 639. The first-order chi connectivity index (χ1) is 8.00. The lowest BCUT2D eigenvalue weighted by atomic mass is 10.1. The molecule has 7 heteroatoms. The van der Waals surface area contributed by atoms with E-state index < -0.39 is 9.85 Å². The Labute approximate surface area is 94.8 Å². The molecule has 0 amide bonds. The molecule has 0 aliphatic rings. The van der Waals surface area contributed by atoms with Gasteiger partial charge in [-0.1, -0.05) is 0 Å². The zero-order chi connectivity index (χ0) is 12.6. The van der Waals surface area contributed by atoms with Gasteiger partial charge in [-0.3, -0.25) is 20.2 Å². The number of nitrogens with zero attached hydrogens (tertiary/aromatic N) is 2. The number of nitro groups is 2. The van der Waals surface area contributed by atoms with E-state index in [0.717, 1.165) is 6.07 Å². The lowest BCUT2D eigenvalue weighted by Gasteiger charge is -2.02. The summed E-state index contributed by atoms with van der Waals surface area (Å²) in [7, 11) is 0. The van der Waals surface area contributed by atoms with E-state index in [2.05, 4.69) is 0 Å². The first-order valence-corrected chi connectivity index (χ1v) is 4.61. The summed E-state index contributed by atoms with van der Waals surface area (Å²) in [6.45, 7) is 0. The quantitative estimate of drug-likeness (QED) is 0.485. The number of hydrogen-bond donors (Lipinski definition) is 1. The lowest BCUT2D eigenvalue weighted by Crippen LogP contribution is -1.95. The molecule has 0 aliphatic carbocycles. The van der Waals surface area contributed by atoms with Crippen molar-refractivity contribution < 1.29 is 9.85 Å². The van der Waals surface area contributed by atoms with Crippen molar-refractivity contribution in [3.8, 4) is 0 Å². The summed E-state index contributed by atoms with van der Waals surface area (Å²) in [6.07, 6.45) is 0. The molecular weight excluding hydrogens is 226 g/mol. The highest BCUT2D eigenvalue weighted by molar-refractivity contribution is 6.00. The van der Waals surface area contributed by atoms with Crippen molar-refractivity contribution in [3.63, 3.8) is 0 Å². The Balaban J connectivity index is 2.85. The topological polar surface area (TPSA) is 112 Å².